The largest absolute Gasteiger partial charge is 0.494 e. The van der Waals surface area contributed by atoms with Gasteiger partial charge >= 0.3 is 0 Å². The van der Waals surface area contributed by atoms with E-state index in [9.17, 15) is 9.59 Å². The van der Waals surface area contributed by atoms with Gasteiger partial charge in [-0.25, -0.2) is 0 Å². The normalized spacial score (nSPS) is 14.1. The first-order valence-corrected chi connectivity index (χ1v) is 14.4. The zero-order valence-electron chi connectivity index (χ0n) is 27.3. The lowest BCUT2D eigenvalue weighted by Gasteiger charge is -2.17. The van der Waals surface area contributed by atoms with Crippen molar-refractivity contribution in [3.63, 3.8) is 0 Å². The van der Waals surface area contributed by atoms with E-state index in [1.807, 2.05) is 57.0 Å². The number of anilines is 1. The molecule has 1 aromatic heterocycles. The third kappa shape index (κ3) is 10.8. The highest BCUT2D eigenvalue weighted by Gasteiger charge is 2.29. The van der Waals surface area contributed by atoms with Gasteiger partial charge in [-0.3, -0.25) is 19.6 Å². The minimum Gasteiger partial charge on any atom is -0.494 e. The molecule has 2 aromatic rings. The van der Waals surface area contributed by atoms with Crippen molar-refractivity contribution in [1.29, 1.82) is 0 Å². The average molecular weight is 618 g/mol. The summed E-state index contributed by atoms with van der Waals surface area (Å²) in [5.74, 6) is -0.0482. The van der Waals surface area contributed by atoms with Gasteiger partial charge in [-0.2, -0.15) is 0 Å². The Bertz CT molecular complexity index is 1480. The number of hydrogen-bond acceptors (Lipinski definition) is 10. The lowest BCUT2D eigenvalue weighted by Crippen LogP contribution is -2.31. The van der Waals surface area contributed by atoms with Crippen LogP contribution in [0.2, 0.25) is 0 Å². The fourth-order valence-electron chi connectivity index (χ4n) is 4.05. The maximum absolute atomic E-state index is 12.2. The Hall–Kier alpha value is -5.26. The fourth-order valence-corrected chi connectivity index (χ4v) is 4.05. The molecule has 0 spiro atoms. The van der Waals surface area contributed by atoms with Crippen molar-refractivity contribution in [2.75, 3.05) is 40.1 Å². The van der Waals surface area contributed by atoms with Crippen LogP contribution in [0.3, 0.4) is 0 Å². The summed E-state index contributed by atoms with van der Waals surface area (Å²) in [6.45, 7) is 10.2. The lowest BCUT2D eigenvalue weighted by atomic mass is 10.0. The number of methoxy groups -OCH3 is 1. The minimum atomic E-state index is -0.497. The molecule has 0 bridgehead atoms. The number of carbonyl (C=O) groups is 2. The third-order valence-electron chi connectivity index (χ3n) is 6.96. The quantitative estimate of drug-likeness (QED) is 0.118. The Morgan fingerprint density at radius 1 is 1.18 bits per heavy atom. The molecule has 0 unspecified atom stereocenters. The molecule has 242 valence electrons. The predicted octanol–water partition coefficient (Wildman–Crippen LogP) is 3.11. The second-order valence-corrected chi connectivity index (χ2v) is 10.5. The number of ether oxygens (including phenoxy) is 1. The van der Waals surface area contributed by atoms with Crippen LogP contribution < -0.4 is 37.9 Å². The van der Waals surface area contributed by atoms with Crippen LogP contribution in [0.4, 0.5) is 5.69 Å². The molecule has 1 heterocycles. The highest BCUT2D eigenvalue weighted by Crippen LogP contribution is 2.37. The molecule has 45 heavy (non-hydrogen) atoms. The molecule has 12 nitrogen and oxygen atoms in total. The summed E-state index contributed by atoms with van der Waals surface area (Å²) in [5, 5.41) is 8.25. The van der Waals surface area contributed by atoms with Crippen LogP contribution in [0.15, 0.2) is 88.9 Å². The van der Waals surface area contributed by atoms with Crippen LogP contribution in [0.1, 0.15) is 32.4 Å². The van der Waals surface area contributed by atoms with Crippen LogP contribution in [0.25, 0.3) is 11.1 Å². The Labute approximate surface area is 266 Å². The number of likely N-dealkylation sites (N-methyl/N-ethyl adjacent to an activating group) is 2. The molecule has 3 rings (SSSR count). The highest BCUT2D eigenvalue weighted by atomic mass is 16.5. The summed E-state index contributed by atoms with van der Waals surface area (Å²) >= 11 is 0. The molecule has 2 amide bonds. The number of para-hydroxylation sites is 1. The number of hydrogen-bond donors (Lipinski definition) is 6. The van der Waals surface area contributed by atoms with Gasteiger partial charge in [0.15, 0.2) is 0 Å². The standard InChI is InChI=1S/C23H28N6O3.C10H19N3/c1-13-7-8-15(12-27-13)16-5-4-6-17(21(16)32-3)28-18(20(25)23(31)26-2)11-19(24)29-22(30)14-9-10-14;1-6-13(5)7-10(8(2)11)9(3)12-4/h4-8,11-12,14,28H,9-10,24-25H2,1-3H3,(H,26,31)(H,29,30);6H,1,7,11H2,2-5H3/b19-11+,20-18+;10-8-,12-9?. The smallest absolute Gasteiger partial charge is 0.269 e. The first kappa shape index (κ1) is 35.9. The third-order valence-corrected chi connectivity index (χ3v) is 6.96. The molecule has 0 radical (unpaired) electrons. The van der Waals surface area contributed by atoms with E-state index < -0.39 is 5.91 Å². The van der Waals surface area contributed by atoms with Crippen molar-refractivity contribution in [1.82, 2.24) is 20.5 Å². The van der Waals surface area contributed by atoms with Crippen LogP contribution in [-0.2, 0) is 9.59 Å². The van der Waals surface area contributed by atoms with Crippen molar-refractivity contribution in [3.8, 4) is 16.9 Å². The summed E-state index contributed by atoms with van der Waals surface area (Å²) in [6, 6.07) is 9.40. The second kappa shape index (κ2) is 17.1. The van der Waals surface area contributed by atoms with Crippen LogP contribution >= 0.6 is 0 Å². The topological polar surface area (TPSA) is 186 Å². The average Bonchev–Trinajstić information content (AvgIpc) is 3.88. The molecule has 1 aliphatic carbocycles. The minimum absolute atomic E-state index is 0.0153. The number of aryl methyl sites for hydroxylation is 1. The summed E-state index contributed by atoms with van der Waals surface area (Å²) in [5.41, 5.74) is 24.0. The van der Waals surface area contributed by atoms with E-state index in [2.05, 4.69) is 32.5 Å². The van der Waals surface area contributed by atoms with E-state index in [1.54, 1.807) is 32.6 Å². The van der Waals surface area contributed by atoms with E-state index >= 15 is 0 Å². The molecule has 0 atom stereocenters. The number of amides is 2. The van der Waals surface area contributed by atoms with Crippen molar-refractivity contribution in [2.24, 2.45) is 28.1 Å². The first-order chi connectivity index (χ1) is 21.4. The number of nitrogens with zero attached hydrogens (tertiary/aromatic N) is 3. The molecular weight excluding hydrogens is 570 g/mol. The molecule has 0 saturated heterocycles. The van der Waals surface area contributed by atoms with Crippen LogP contribution in [-0.4, -0.2) is 62.2 Å². The van der Waals surface area contributed by atoms with Gasteiger partial charge in [-0.15, -0.1) is 0 Å². The van der Waals surface area contributed by atoms with Crippen LogP contribution in [0.5, 0.6) is 5.75 Å². The fraction of sp³-hybridized carbons (Fsp3) is 0.333. The van der Waals surface area contributed by atoms with E-state index in [0.29, 0.717) is 11.4 Å². The first-order valence-electron chi connectivity index (χ1n) is 14.4. The van der Waals surface area contributed by atoms with Gasteiger partial charge in [-0.05, 0) is 51.9 Å². The van der Waals surface area contributed by atoms with E-state index in [0.717, 1.165) is 53.2 Å². The number of benzene rings is 1. The van der Waals surface area contributed by atoms with Gasteiger partial charge in [0.2, 0.25) is 5.91 Å². The van der Waals surface area contributed by atoms with Crippen molar-refractivity contribution < 1.29 is 14.3 Å². The predicted molar refractivity (Wildman–Crippen MR) is 182 cm³/mol. The molecule has 12 heteroatoms. The summed E-state index contributed by atoms with van der Waals surface area (Å²) in [6.07, 6.45) is 6.64. The SMILES string of the molecule is C=CN(C)C/C(C(C)=NC)=C(\C)N.CNC(=O)/C(N)=C(/C=C(\N)NC(=O)C1CC1)Nc1cccc(-c2ccc(C)nc2)c1OC. The van der Waals surface area contributed by atoms with Gasteiger partial charge < -0.3 is 42.8 Å². The van der Waals surface area contributed by atoms with E-state index in [4.69, 9.17) is 21.9 Å². The zero-order valence-corrected chi connectivity index (χ0v) is 27.3. The molecule has 1 saturated carbocycles. The number of nitrogens with one attached hydrogen (secondary N) is 3. The maximum Gasteiger partial charge on any atom is 0.269 e. The molecule has 1 fully saturated rings. The summed E-state index contributed by atoms with van der Waals surface area (Å²) in [4.78, 5) is 34.7. The number of pyridine rings is 1. The van der Waals surface area contributed by atoms with Gasteiger partial charge in [-0.1, -0.05) is 24.8 Å². The van der Waals surface area contributed by atoms with Crippen LogP contribution in [0, 0.1) is 12.8 Å². The Balaban J connectivity index is 0.000000459. The highest BCUT2D eigenvalue weighted by molar-refractivity contribution is 5.99. The van der Waals surface area contributed by atoms with Gasteiger partial charge in [0, 0.05) is 79.7 Å². The number of aromatic nitrogens is 1. The number of rotatable bonds is 12. The molecule has 1 aliphatic rings. The maximum atomic E-state index is 12.2. The van der Waals surface area contributed by atoms with E-state index in [1.165, 1.54) is 13.1 Å². The summed E-state index contributed by atoms with van der Waals surface area (Å²) in [7, 11) is 6.75. The summed E-state index contributed by atoms with van der Waals surface area (Å²) < 4.78 is 5.66. The Morgan fingerprint density at radius 2 is 1.87 bits per heavy atom. The van der Waals surface area contributed by atoms with E-state index in [-0.39, 0.29) is 29.0 Å². The van der Waals surface area contributed by atoms with Gasteiger partial charge in [0.25, 0.3) is 5.91 Å². The van der Waals surface area contributed by atoms with Crippen molar-refractivity contribution in [2.45, 2.75) is 33.6 Å². The molecule has 1 aromatic carbocycles. The van der Waals surface area contributed by atoms with Crippen molar-refractivity contribution in [3.05, 3.63) is 89.6 Å². The lowest BCUT2D eigenvalue weighted by molar-refractivity contribution is -0.121. The number of allylic oxidation sites excluding steroid dienone is 2. The Morgan fingerprint density at radius 3 is 2.38 bits per heavy atom. The molecule has 0 aliphatic heterocycles. The molecular formula is C33H47N9O3. The number of carbonyl (C=O) groups excluding carboxylic acids is 2. The second-order valence-electron chi connectivity index (χ2n) is 10.5. The number of aliphatic imine (C=N–C) groups is 1. The zero-order chi connectivity index (χ0) is 33.7. The monoisotopic (exact) mass is 617 g/mol. The Kier molecular flexibility index (Phi) is 13.7. The molecule has 9 N–H and O–H groups in total. The van der Waals surface area contributed by atoms with Crippen molar-refractivity contribution >= 4 is 23.2 Å². The number of nitrogens with two attached hydrogens (primary N) is 3. The van der Waals surface area contributed by atoms with Gasteiger partial charge in [0.1, 0.15) is 17.3 Å². The van der Waals surface area contributed by atoms with Gasteiger partial charge in [0.05, 0.1) is 18.5 Å².